The molecule has 4 aliphatic rings. The summed E-state index contributed by atoms with van der Waals surface area (Å²) in [7, 11) is -2.50. The highest BCUT2D eigenvalue weighted by Gasteiger charge is 2.62. The number of sulfonamides is 1. The van der Waals surface area contributed by atoms with Crippen molar-refractivity contribution in [1.29, 1.82) is 0 Å². The molecule has 0 bridgehead atoms. The Balaban J connectivity index is 1.21. The van der Waals surface area contributed by atoms with Crippen LogP contribution < -0.4 is 19.5 Å². The van der Waals surface area contributed by atoms with E-state index in [1.807, 2.05) is 0 Å². The van der Waals surface area contributed by atoms with Crippen molar-refractivity contribution in [2.75, 3.05) is 26.7 Å². The second-order valence-electron chi connectivity index (χ2n) is 17.7. The van der Waals surface area contributed by atoms with E-state index in [1.54, 1.807) is 63.4 Å². The minimum absolute atomic E-state index is 0.0689. The second kappa shape index (κ2) is 17.0. The Bertz CT molecular complexity index is 2370. The van der Waals surface area contributed by atoms with Crippen molar-refractivity contribution in [3.63, 3.8) is 0 Å². The Morgan fingerprint density at radius 2 is 1.76 bits per heavy atom. The summed E-state index contributed by atoms with van der Waals surface area (Å²) in [5, 5.41) is 3.37. The molecular formula is C43H50ClF3N6O8S. The summed E-state index contributed by atoms with van der Waals surface area (Å²) in [6, 6.07) is 9.12. The van der Waals surface area contributed by atoms with Crippen LogP contribution in [0.3, 0.4) is 0 Å². The summed E-state index contributed by atoms with van der Waals surface area (Å²) in [4.78, 5) is 68.8. The van der Waals surface area contributed by atoms with E-state index in [-0.39, 0.29) is 62.6 Å². The summed E-state index contributed by atoms with van der Waals surface area (Å²) >= 11 is 6.81. The number of piperidine rings is 1. The van der Waals surface area contributed by atoms with E-state index in [0.29, 0.717) is 40.8 Å². The van der Waals surface area contributed by atoms with Gasteiger partial charge in [0, 0.05) is 48.8 Å². The molecule has 1 unspecified atom stereocenters. The van der Waals surface area contributed by atoms with Crippen LogP contribution in [0, 0.1) is 23.2 Å². The van der Waals surface area contributed by atoms with Crippen molar-refractivity contribution in [2.24, 2.45) is 23.2 Å². The number of rotatable bonds is 13. The van der Waals surface area contributed by atoms with Crippen LogP contribution in [-0.4, -0.2) is 108 Å². The van der Waals surface area contributed by atoms with Gasteiger partial charge in [-0.05, 0) is 67.9 Å². The van der Waals surface area contributed by atoms with Crippen LogP contribution in [0.1, 0.15) is 65.7 Å². The molecule has 2 saturated carbocycles. The minimum atomic E-state index is -4.37. The van der Waals surface area contributed by atoms with Crippen LogP contribution in [0.15, 0.2) is 55.3 Å². The van der Waals surface area contributed by atoms with Crippen LogP contribution in [0.5, 0.6) is 11.6 Å². The molecule has 62 heavy (non-hydrogen) atoms. The molecule has 1 aromatic carbocycles. The summed E-state index contributed by atoms with van der Waals surface area (Å²) < 4.78 is 80.2. The first-order valence-corrected chi connectivity index (χ1v) is 22.5. The van der Waals surface area contributed by atoms with Crippen molar-refractivity contribution >= 4 is 56.0 Å². The normalized spacial score (nSPS) is 23.7. The smallest absolute Gasteiger partial charge is 0.391 e. The number of ether oxygens (including phenoxy) is 2. The lowest BCUT2D eigenvalue weighted by Crippen LogP contribution is -2.57. The van der Waals surface area contributed by atoms with Crippen molar-refractivity contribution in [3.05, 3.63) is 60.3 Å². The Labute approximate surface area is 363 Å². The number of nitrogens with one attached hydrogen (secondary N) is 2. The molecule has 2 saturated heterocycles. The Morgan fingerprint density at radius 3 is 2.34 bits per heavy atom. The third-order valence-corrected chi connectivity index (χ3v) is 14.6. The summed E-state index contributed by atoms with van der Waals surface area (Å²) in [6.07, 6.45) is -2.26. The van der Waals surface area contributed by atoms with Crippen molar-refractivity contribution in [2.45, 2.75) is 94.8 Å². The molecule has 19 heteroatoms. The van der Waals surface area contributed by atoms with Gasteiger partial charge in [-0.2, -0.15) is 13.2 Å². The third-order valence-electron chi connectivity index (χ3n) is 12.4. The van der Waals surface area contributed by atoms with E-state index in [4.69, 9.17) is 26.1 Å². The van der Waals surface area contributed by atoms with E-state index < -0.39 is 85.9 Å². The van der Waals surface area contributed by atoms with Crippen LogP contribution in [0.25, 0.3) is 22.2 Å². The molecule has 4 heterocycles. The number of carbonyl (C=O) groups excluding carboxylic acids is 4. The average molecular weight is 903 g/mol. The summed E-state index contributed by atoms with van der Waals surface area (Å²) in [5.74, 6) is -5.38. The number of carbonyl (C=O) groups is 4. The number of hydrogen-bond donors (Lipinski definition) is 2. The number of aromatic nitrogens is 2. The zero-order valence-electron chi connectivity index (χ0n) is 34.8. The molecule has 0 spiro atoms. The Kier molecular flexibility index (Phi) is 12.3. The quantitative estimate of drug-likeness (QED) is 0.199. The van der Waals surface area contributed by atoms with E-state index in [0.717, 1.165) is 0 Å². The Morgan fingerprint density at radius 1 is 1.05 bits per heavy atom. The van der Waals surface area contributed by atoms with E-state index >= 15 is 0 Å². The maximum Gasteiger partial charge on any atom is 0.391 e. The highest BCUT2D eigenvalue weighted by molar-refractivity contribution is 7.91. The number of hydrogen-bond acceptors (Lipinski definition) is 10. The van der Waals surface area contributed by atoms with E-state index in [2.05, 4.69) is 21.6 Å². The van der Waals surface area contributed by atoms with Crippen LogP contribution in [0.2, 0.25) is 5.02 Å². The van der Waals surface area contributed by atoms with Crippen molar-refractivity contribution < 1.29 is 50.2 Å². The number of pyridine rings is 2. The van der Waals surface area contributed by atoms with Gasteiger partial charge in [0.25, 0.3) is 5.91 Å². The predicted octanol–water partition coefficient (Wildman–Crippen LogP) is 5.83. The van der Waals surface area contributed by atoms with Gasteiger partial charge in [-0.15, -0.1) is 6.58 Å². The molecule has 2 aromatic heterocycles. The fraction of sp³-hybridized carbons (Fsp3) is 0.535. The molecule has 14 nitrogen and oxygen atoms in total. The molecule has 0 radical (unpaired) electrons. The first kappa shape index (κ1) is 45.1. The zero-order valence-corrected chi connectivity index (χ0v) is 36.4. The fourth-order valence-electron chi connectivity index (χ4n) is 8.41. The van der Waals surface area contributed by atoms with E-state index in [9.17, 15) is 40.8 Å². The van der Waals surface area contributed by atoms with Crippen LogP contribution in [-0.2, 0) is 29.2 Å². The topological polar surface area (TPSA) is 177 Å². The van der Waals surface area contributed by atoms with Crippen LogP contribution in [0.4, 0.5) is 13.2 Å². The maximum atomic E-state index is 14.9. The number of halogens is 4. The number of benzene rings is 1. The van der Waals surface area contributed by atoms with Crippen LogP contribution >= 0.6 is 11.6 Å². The lowest BCUT2D eigenvalue weighted by atomic mass is 9.77. The molecule has 5 atom stereocenters. The molecule has 4 amide bonds. The number of alkyl halides is 3. The summed E-state index contributed by atoms with van der Waals surface area (Å²) in [6.45, 7) is 8.64. The minimum Gasteiger partial charge on any atom is -0.495 e. The first-order valence-electron chi connectivity index (χ1n) is 20.6. The molecule has 7 rings (SSSR count). The van der Waals surface area contributed by atoms with Gasteiger partial charge in [-0.3, -0.25) is 28.9 Å². The molecule has 3 aromatic rings. The van der Waals surface area contributed by atoms with Gasteiger partial charge in [0.2, 0.25) is 33.6 Å². The Hall–Kier alpha value is -4.97. The number of fused-ring (bicyclic) bond motifs is 1. The molecule has 2 N–H and O–H groups in total. The first-order chi connectivity index (χ1) is 29.2. The molecule has 4 fully saturated rings. The number of amides is 4. The van der Waals surface area contributed by atoms with Crippen molar-refractivity contribution in [1.82, 2.24) is 29.8 Å². The highest BCUT2D eigenvalue weighted by atomic mass is 35.5. The number of likely N-dealkylation sites (tertiary alicyclic amines) is 2. The molecule has 2 aliphatic carbocycles. The summed E-state index contributed by atoms with van der Waals surface area (Å²) in [5.41, 5.74) is -1.61. The fourth-order valence-corrected chi connectivity index (χ4v) is 10.1. The van der Waals surface area contributed by atoms with Crippen molar-refractivity contribution in [3.8, 4) is 23.0 Å². The second-order valence-corrected chi connectivity index (χ2v) is 20.0. The molecule has 2 aliphatic heterocycles. The number of nitrogens with zero attached hydrogens (tertiary/aromatic N) is 4. The maximum absolute atomic E-state index is 14.9. The molecule has 334 valence electrons. The molecular weight excluding hydrogens is 853 g/mol. The lowest BCUT2D eigenvalue weighted by Gasteiger charge is -2.37. The van der Waals surface area contributed by atoms with Gasteiger partial charge in [0.1, 0.15) is 23.4 Å². The average Bonchev–Trinajstić information content (AvgIpc) is 4.16. The van der Waals surface area contributed by atoms with Gasteiger partial charge in [-0.1, -0.05) is 44.5 Å². The SMILES string of the molecule is C=CC1C[C@@]1(NC(=O)[C@@H]1C[C@@H](Oc2nc(-c3ccccn3)cc3c(Cl)c(OC)ccc23)CN1C(=O)[C@@H](CC(=O)N1CCC(C(F)(F)F)CC1)C(C)(C)C)C(=O)NS(=O)(=O)C1CC1. The highest BCUT2D eigenvalue weighted by Crippen LogP contribution is 2.46. The van der Waals surface area contributed by atoms with Gasteiger partial charge < -0.3 is 24.6 Å². The van der Waals surface area contributed by atoms with Gasteiger partial charge >= 0.3 is 6.18 Å². The van der Waals surface area contributed by atoms with Gasteiger partial charge in [0.05, 0.1) is 47.2 Å². The zero-order chi connectivity index (χ0) is 44.9. The lowest BCUT2D eigenvalue weighted by molar-refractivity contribution is -0.186. The standard InChI is InChI=1S/C43H50ClF3N6O8S/c1-6-24-22-42(24,40(57)51-62(58,59)27-10-11-27)50-37(55)33-19-26(61-38-28-12-13-34(60-5)36(44)29(28)20-32(49-38)31-9-7-8-16-48-31)23-53(33)39(56)30(41(2,3)4)21-35(54)52-17-14-25(15-18-52)43(45,46)47/h6-9,12-13,16,20,24-27,30,33H,1,10-11,14-15,17-19,21-23H2,2-5H3,(H,50,55)(H,51,57)/t24?,26-,30-,33+,42+/m1/s1. The third kappa shape index (κ3) is 9.22. The predicted molar refractivity (Wildman–Crippen MR) is 223 cm³/mol. The monoisotopic (exact) mass is 902 g/mol. The number of methoxy groups -OCH3 is 1. The van der Waals surface area contributed by atoms with Gasteiger partial charge in [-0.25, -0.2) is 13.4 Å². The van der Waals surface area contributed by atoms with E-state index in [1.165, 1.54) is 23.0 Å². The largest absolute Gasteiger partial charge is 0.495 e. The van der Waals surface area contributed by atoms with Gasteiger partial charge in [0.15, 0.2) is 0 Å².